The normalized spacial score (nSPS) is 10.4. The van der Waals surface area contributed by atoms with Crippen molar-refractivity contribution in [1.82, 2.24) is 10.2 Å². The molecule has 0 saturated carbocycles. The van der Waals surface area contributed by atoms with E-state index in [4.69, 9.17) is 0 Å². The Kier molecular flexibility index (Phi) is 2.62. The lowest BCUT2D eigenvalue weighted by atomic mass is 10.4. The molecule has 1 N–H and O–H groups in total. The Bertz CT molecular complexity index is 210. The highest BCUT2D eigenvalue weighted by molar-refractivity contribution is 9.11. The van der Waals surface area contributed by atoms with E-state index >= 15 is 0 Å². The molecule has 0 bridgehead atoms. The van der Waals surface area contributed by atoms with Gasteiger partial charge in [-0.15, -0.1) is 10.2 Å². The van der Waals surface area contributed by atoms with Crippen molar-refractivity contribution in [2.75, 3.05) is 5.32 Å². The molecule has 56 valence electrons. The van der Waals surface area contributed by atoms with E-state index in [0.717, 1.165) is 9.05 Å². The molecule has 0 aliphatic carbocycles. The average molecular weight is 222 g/mol. The second kappa shape index (κ2) is 3.30. The summed E-state index contributed by atoms with van der Waals surface area (Å²) < 4.78 is 0.815. The van der Waals surface area contributed by atoms with E-state index in [1.807, 2.05) is 0 Å². The summed E-state index contributed by atoms with van der Waals surface area (Å²) in [6.45, 7) is 4.13. The monoisotopic (exact) mass is 221 g/mol. The molecule has 1 aromatic heterocycles. The molecule has 5 heteroatoms. The second-order valence-electron chi connectivity index (χ2n) is 2.16. The molecule has 1 aromatic rings. The first-order chi connectivity index (χ1) is 4.68. The first-order valence-corrected chi connectivity index (χ1v) is 4.55. The van der Waals surface area contributed by atoms with Crippen molar-refractivity contribution in [1.29, 1.82) is 0 Å². The quantitative estimate of drug-likeness (QED) is 0.832. The highest BCUT2D eigenvalue weighted by Crippen LogP contribution is 2.20. The van der Waals surface area contributed by atoms with E-state index < -0.39 is 0 Å². The van der Waals surface area contributed by atoms with Crippen LogP contribution in [-0.4, -0.2) is 16.2 Å². The summed E-state index contributed by atoms with van der Waals surface area (Å²) in [5.41, 5.74) is 0. The van der Waals surface area contributed by atoms with Crippen LogP contribution in [0.5, 0.6) is 0 Å². The van der Waals surface area contributed by atoms with Crippen LogP contribution < -0.4 is 5.32 Å². The lowest BCUT2D eigenvalue weighted by molar-refractivity contribution is 0.887. The Morgan fingerprint density at radius 1 is 1.50 bits per heavy atom. The molecule has 0 spiro atoms. The van der Waals surface area contributed by atoms with Gasteiger partial charge in [-0.3, -0.25) is 0 Å². The maximum Gasteiger partial charge on any atom is 0.206 e. The van der Waals surface area contributed by atoms with Crippen molar-refractivity contribution >= 4 is 32.4 Å². The Morgan fingerprint density at radius 2 is 2.20 bits per heavy atom. The Morgan fingerprint density at radius 3 is 2.60 bits per heavy atom. The van der Waals surface area contributed by atoms with Crippen LogP contribution in [0.4, 0.5) is 5.13 Å². The molecule has 1 heterocycles. The predicted octanol–water partition coefficient (Wildman–Crippen LogP) is 2.12. The van der Waals surface area contributed by atoms with Crippen molar-refractivity contribution in [2.24, 2.45) is 0 Å². The number of rotatable bonds is 2. The van der Waals surface area contributed by atoms with Gasteiger partial charge in [-0.2, -0.15) is 0 Å². The van der Waals surface area contributed by atoms with Gasteiger partial charge in [0.25, 0.3) is 0 Å². The molecular weight excluding hydrogens is 214 g/mol. The van der Waals surface area contributed by atoms with E-state index in [1.54, 1.807) is 0 Å². The first-order valence-electron chi connectivity index (χ1n) is 2.94. The summed E-state index contributed by atoms with van der Waals surface area (Å²) in [6.07, 6.45) is 0. The SMILES string of the molecule is CC(C)Nc1nnc(Br)s1. The largest absolute Gasteiger partial charge is 0.358 e. The third kappa shape index (κ3) is 2.22. The van der Waals surface area contributed by atoms with Gasteiger partial charge in [-0.1, -0.05) is 11.3 Å². The van der Waals surface area contributed by atoms with E-state index in [1.165, 1.54) is 11.3 Å². The second-order valence-corrected chi connectivity index (χ2v) is 4.41. The number of anilines is 1. The van der Waals surface area contributed by atoms with Crippen molar-refractivity contribution in [3.63, 3.8) is 0 Å². The summed E-state index contributed by atoms with van der Waals surface area (Å²) in [4.78, 5) is 0. The fourth-order valence-electron chi connectivity index (χ4n) is 0.511. The number of halogens is 1. The standard InChI is InChI=1S/C5H8BrN3S/c1-3(2)7-5-9-8-4(6)10-5/h3H,1-2H3,(H,7,9). The smallest absolute Gasteiger partial charge is 0.206 e. The lowest BCUT2D eigenvalue weighted by Crippen LogP contribution is -2.08. The van der Waals surface area contributed by atoms with Crippen LogP contribution in [0.2, 0.25) is 0 Å². The summed E-state index contributed by atoms with van der Waals surface area (Å²) in [6, 6.07) is 0.417. The van der Waals surface area contributed by atoms with Crippen LogP contribution in [0.15, 0.2) is 3.92 Å². The fraction of sp³-hybridized carbons (Fsp3) is 0.600. The minimum Gasteiger partial charge on any atom is -0.358 e. The zero-order chi connectivity index (χ0) is 7.56. The van der Waals surface area contributed by atoms with Gasteiger partial charge in [0.05, 0.1) is 0 Å². The molecule has 0 fully saturated rings. The minimum atomic E-state index is 0.417. The Hall–Kier alpha value is -0.160. The highest BCUT2D eigenvalue weighted by Gasteiger charge is 2.00. The van der Waals surface area contributed by atoms with Gasteiger partial charge in [0.1, 0.15) is 0 Å². The van der Waals surface area contributed by atoms with E-state index in [0.29, 0.717) is 6.04 Å². The topological polar surface area (TPSA) is 37.8 Å². The van der Waals surface area contributed by atoms with Crippen LogP contribution >= 0.6 is 27.3 Å². The number of hydrogen-bond acceptors (Lipinski definition) is 4. The molecule has 0 radical (unpaired) electrons. The van der Waals surface area contributed by atoms with Crippen molar-refractivity contribution in [2.45, 2.75) is 19.9 Å². The van der Waals surface area contributed by atoms with E-state index in [9.17, 15) is 0 Å². The van der Waals surface area contributed by atoms with Crippen LogP contribution in [0.25, 0.3) is 0 Å². The maximum absolute atomic E-state index is 3.87. The molecule has 0 atom stereocenters. The number of nitrogens with one attached hydrogen (secondary N) is 1. The molecule has 0 amide bonds. The van der Waals surface area contributed by atoms with E-state index in [-0.39, 0.29) is 0 Å². The number of nitrogens with zero attached hydrogens (tertiary/aromatic N) is 2. The third-order valence-electron chi connectivity index (χ3n) is 0.812. The van der Waals surface area contributed by atoms with Gasteiger partial charge >= 0.3 is 0 Å². The summed E-state index contributed by atoms with van der Waals surface area (Å²) in [7, 11) is 0. The number of aromatic nitrogens is 2. The van der Waals surface area contributed by atoms with Crippen LogP contribution in [0, 0.1) is 0 Å². The molecule has 0 aromatic carbocycles. The molecule has 0 saturated heterocycles. The molecule has 10 heavy (non-hydrogen) atoms. The summed E-state index contributed by atoms with van der Waals surface area (Å²) in [5.74, 6) is 0. The van der Waals surface area contributed by atoms with Crippen LogP contribution in [-0.2, 0) is 0 Å². The third-order valence-corrected chi connectivity index (χ3v) is 2.10. The van der Waals surface area contributed by atoms with Gasteiger partial charge in [0, 0.05) is 6.04 Å². The minimum absolute atomic E-state index is 0.417. The van der Waals surface area contributed by atoms with Crippen LogP contribution in [0.1, 0.15) is 13.8 Å². The molecular formula is C5H8BrN3S. The average Bonchev–Trinajstić information content (AvgIpc) is 2.13. The Labute approximate surface area is 72.0 Å². The molecule has 3 nitrogen and oxygen atoms in total. The van der Waals surface area contributed by atoms with Gasteiger partial charge in [0.2, 0.25) is 5.13 Å². The van der Waals surface area contributed by atoms with Gasteiger partial charge in [-0.05, 0) is 29.8 Å². The highest BCUT2D eigenvalue weighted by atomic mass is 79.9. The fourth-order valence-corrected chi connectivity index (χ4v) is 1.67. The summed E-state index contributed by atoms with van der Waals surface area (Å²) >= 11 is 4.73. The predicted molar refractivity (Wildman–Crippen MR) is 46.4 cm³/mol. The molecule has 0 aliphatic heterocycles. The Balaban J connectivity index is 2.58. The molecule has 0 aliphatic rings. The summed E-state index contributed by atoms with van der Waals surface area (Å²) in [5, 5.41) is 11.7. The van der Waals surface area contributed by atoms with Gasteiger partial charge in [-0.25, -0.2) is 0 Å². The van der Waals surface area contributed by atoms with E-state index in [2.05, 4.69) is 45.3 Å². The van der Waals surface area contributed by atoms with Crippen molar-refractivity contribution in [3.05, 3.63) is 3.92 Å². The van der Waals surface area contributed by atoms with Crippen LogP contribution in [0.3, 0.4) is 0 Å². The zero-order valence-corrected chi connectivity index (χ0v) is 8.16. The maximum atomic E-state index is 3.87. The first kappa shape index (κ1) is 7.94. The van der Waals surface area contributed by atoms with Gasteiger partial charge < -0.3 is 5.32 Å². The van der Waals surface area contributed by atoms with Crippen molar-refractivity contribution in [3.8, 4) is 0 Å². The zero-order valence-electron chi connectivity index (χ0n) is 5.76. The van der Waals surface area contributed by atoms with Gasteiger partial charge in [0.15, 0.2) is 3.92 Å². The lowest BCUT2D eigenvalue weighted by Gasteiger charge is -2.02. The molecule has 0 unspecified atom stereocenters. The van der Waals surface area contributed by atoms with Crippen molar-refractivity contribution < 1.29 is 0 Å². The molecule has 1 rings (SSSR count). The number of hydrogen-bond donors (Lipinski definition) is 1.